The molecule has 174 valence electrons. The SMILES string of the molecule is Cc1cc(C)cc(-n2c(C)cc(C(=O)CN3C(=O)NC4(CCCc5ccccc54)C3=O)c2C)c1. The zero-order valence-electron chi connectivity index (χ0n) is 20.1. The third kappa shape index (κ3) is 3.36. The Morgan fingerprint density at radius 2 is 1.71 bits per heavy atom. The summed E-state index contributed by atoms with van der Waals surface area (Å²) in [7, 11) is 0. The normalized spacial score (nSPS) is 19.5. The van der Waals surface area contributed by atoms with E-state index < -0.39 is 11.6 Å². The van der Waals surface area contributed by atoms with Crippen molar-refractivity contribution in [2.75, 3.05) is 6.54 Å². The Bertz CT molecular complexity index is 1330. The first-order chi connectivity index (χ1) is 16.2. The van der Waals surface area contributed by atoms with E-state index in [4.69, 9.17) is 0 Å². The van der Waals surface area contributed by atoms with Gasteiger partial charge in [0.25, 0.3) is 5.91 Å². The highest BCUT2D eigenvalue weighted by atomic mass is 16.2. The number of aryl methyl sites for hydroxylation is 4. The zero-order chi connectivity index (χ0) is 24.2. The van der Waals surface area contributed by atoms with Crippen LogP contribution >= 0.6 is 0 Å². The van der Waals surface area contributed by atoms with Gasteiger partial charge in [0.2, 0.25) is 0 Å². The van der Waals surface area contributed by atoms with Crippen molar-refractivity contribution in [3.63, 3.8) is 0 Å². The summed E-state index contributed by atoms with van der Waals surface area (Å²) in [6, 6.07) is 15.4. The minimum atomic E-state index is -1.07. The van der Waals surface area contributed by atoms with E-state index in [2.05, 4.69) is 28.1 Å². The Balaban J connectivity index is 1.45. The number of ketones is 1. The van der Waals surface area contributed by atoms with E-state index in [-0.39, 0.29) is 18.2 Å². The van der Waals surface area contributed by atoms with E-state index in [9.17, 15) is 14.4 Å². The van der Waals surface area contributed by atoms with Crippen molar-refractivity contribution < 1.29 is 14.4 Å². The molecule has 3 amide bonds. The number of benzene rings is 2. The van der Waals surface area contributed by atoms with Gasteiger partial charge in [0.15, 0.2) is 5.78 Å². The summed E-state index contributed by atoms with van der Waals surface area (Å²) in [5.41, 5.74) is 6.41. The van der Waals surface area contributed by atoms with Gasteiger partial charge in [-0.2, -0.15) is 0 Å². The number of carbonyl (C=O) groups is 3. The molecule has 1 N–H and O–H groups in total. The third-order valence-electron chi connectivity index (χ3n) is 7.15. The molecule has 6 heteroatoms. The summed E-state index contributed by atoms with van der Waals surface area (Å²) in [5.74, 6) is -0.575. The maximum atomic E-state index is 13.6. The number of imide groups is 1. The molecular formula is C28H29N3O3. The van der Waals surface area contributed by atoms with Gasteiger partial charge in [-0.25, -0.2) is 4.79 Å². The Morgan fingerprint density at radius 3 is 2.44 bits per heavy atom. The second kappa shape index (κ2) is 7.97. The Morgan fingerprint density at radius 1 is 1.00 bits per heavy atom. The van der Waals surface area contributed by atoms with Gasteiger partial charge in [-0.15, -0.1) is 0 Å². The number of Topliss-reactive ketones (excluding diaryl/α,β-unsaturated/α-hetero) is 1. The van der Waals surface area contributed by atoms with Crippen LogP contribution in [0.2, 0.25) is 0 Å². The smallest absolute Gasteiger partial charge is 0.319 e. The van der Waals surface area contributed by atoms with Crippen LogP contribution in [0.3, 0.4) is 0 Å². The van der Waals surface area contributed by atoms with E-state index in [0.29, 0.717) is 12.0 Å². The molecule has 1 aliphatic carbocycles. The van der Waals surface area contributed by atoms with Gasteiger partial charge in [-0.3, -0.25) is 14.5 Å². The maximum Gasteiger partial charge on any atom is 0.325 e. The molecule has 1 spiro atoms. The lowest BCUT2D eigenvalue weighted by Gasteiger charge is -2.33. The van der Waals surface area contributed by atoms with E-state index in [1.807, 2.05) is 58.0 Å². The second-order valence-electron chi connectivity index (χ2n) is 9.63. The number of rotatable bonds is 4. The summed E-state index contributed by atoms with van der Waals surface area (Å²) >= 11 is 0. The molecule has 3 aromatic rings. The van der Waals surface area contributed by atoms with Gasteiger partial charge in [0.05, 0.1) is 6.54 Å². The van der Waals surface area contributed by atoms with Crippen LogP contribution in [0.1, 0.15) is 56.8 Å². The summed E-state index contributed by atoms with van der Waals surface area (Å²) < 4.78 is 2.05. The lowest BCUT2D eigenvalue weighted by atomic mass is 9.76. The van der Waals surface area contributed by atoms with Crippen molar-refractivity contribution in [1.29, 1.82) is 0 Å². The van der Waals surface area contributed by atoms with Crippen LogP contribution in [-0.4, -0.2) is 33.7 Å². The van der Waals surface area contributed by atoms with Crippen LogP contribution in [0.5, 0.6) is 0 Å². The Labute approximate surface area is 199 Å². The molecule has 34 heavy (non-hydrogen) atoms. The number of amides is 3. The first-order valence-corrected chi connectivity index (χ1v) is 11.7. The van der Waals surface area contributed by atoms with Crippen molar-refractivity contribution >= 4 is 17.7 Å². The highest BCUT2D eigenvalue weighted by Crippen LogP contribution is 2.40. The summed E-state index contributed by atoms with van der Waals surface area (Å²) in [4.78, 5) is 40.9. The number of hydrogen-bond donors (Lipinski definition) is 1. The quantitative estimate of drug-likeness (QED) is 0.459. The minimum absolute atomic E-state index is 0.242. The molecule has 0 radical (unpaired) electrons. The van der Waals surface area contributed by atoms with Crippen molar-refractivity contribution in [3.05, 3.63) is 87.7 Å². The largest absolute Gasteiger partial charge is 0.325 e. The average molecular weight is 456 g/mol. The number of nitrogens with one attached hydrogen (secondary N) is 1. The van der Waals surface area contributed by atoms with Crippen LogP contribution in [0.4, 0.5) is 4.79 Å². The van der Waals surface area contributed by atoms with Crippen LogP contribution < -0.4 is 5.32 Å². The van der Waals surface area contributed by atoms with Crippen molar-refractivity contribution in [2.45, 2.75) is 52.5 Å². The fourth-order valence-corrected chi connectivity index (χ4v) is 5.71. The molecule has 1 saturated heterocycles. The molecule has 6 nitrogen and oxygen atoms in total. The Kier molecular flexibility index (Phi) is 5.19. The van der Waals surface area contributed by atoms with E-state index in [1.54, 1.807) is 0 Å². The molecule has 1 aliphatic heterocycles. The predicted octanol–water partition coefficient (Wildman–Crippen LogP) is 4.68. The molecule has 1 unspecified atom stereocenters. The molecule has 2 heterocycles. The lowest BCUT2D eigenvalue weighted by Crippen LogP contribution is -2.46. The molecule has 2 aliphatic rings. The molecule has 0 bridgehead atoms. The van der Waals surface area contributed by atoms with Crippen molar-refractivity contribution in [3.8, 4) is 5.69 Å². The standard InChI is InChI=1S/C28H29N3O3/c1-17-12-18(2)14-22(13-17)31-19(3)15-23(20(31)4)25(32)16-30-26(33)28(29-27(30)34)11-7-9-21-8-5-6-10-24(21)28/h5-6,8,10,12-15H,7,9,11,16H2,1-4H3,(H,29,34). The molecule has 2 aromatic carbocycles. The average Bonchev–Trinajstić information content (AvgIpc) is 3.21. The maximum absolute atomic E-state index is 13.6. The number of urea groups is 1. The van der Waals surface area contributed by atoms with Crippen LogP contribution in [0, 0.1) is 27.7 Å². The molecule has 5 rings (SSSR count). The highest BCUT2D eigenvalue weighted by molar-refractivity contribution is 6.12. The lowest BCUT2D eigenvalue weighted by molar-refractivity contribution is -0.131. The van der Waals surface area contributed by atoms with Gasteiger partial charge >= 0.3 is 6.03 Å². The summed E-state index contributed by atoms with van der Waals surface area (Å²) in [5, 5.41) is 2.93. The zero-order valence-corrected chi connectivity index (χ0v) is 20.1. The fourth-order valence-electron chi connectivity index (χ4n) is 5.71. The number of nitrogens with zero attached hydrogens (tertiary/aromatic N) is 2. The van der Waals surface area contributed by atoms with Crippen LogP contribution in [0.25, 0.3) is 5.69 Å². The summed E-state index contributed by atoms with van der Waals surface area (Å²) in [6.07, 6.45) is 2.23. The van der Waals surface area contributed by atoms with Crippen molar-refractivity contribution in [2.24, 2.45) is 0 Å². The minimum Gasteiger partial charge on any atom is -0.319 e. The molecule has 1 fully saturated rings. The number of carbonyl (C=O) groups excluding carboxylic acids is 3. The van der Waals surface area contributed by atoms with Crippen LogP contribution in [0.15, 0.2) is 48.5 Å². The molecule has 0 saturated carbocycles. The number of hydrogen-bond acceptors (Lipinski definition) is 3. The van der Waals surface area contributed by atoms with E-state index >= 15 is 0 Å². The monoisotopic (exact) mass is 455 g/mol. The highest BCUT2D eigenvalue weighted by Gasteiger charge is 2.54. The summed E-state index contributed by atoms with van der Waals surface area (Å²) in [6.45, 7) is 7.69. The van der Waals surface area contributed by atoms with E-state index in [0.717, 1.165) is 57.1 Å². The predicted molar refractivity (Wildman–Crippen MR) is 130 cm³/mol. The van der Waals surface area contributed by atoms with Gasteiger partial charge < -0.3 is 9.88 Å². The molecular weight excluding hydrogens is 426 g/mol. The fraction of sp³-hybridized carbons (Fsp3) is 0.321. The van der Waals surface area contributed by atoms with Crippen LogP contribution in [-0.2, 0) is 16.8 Å². The number of fused-ring (bicyclic) bond motifs is 2. The van der Waals surface area contributed by atoms with Gasteiger partial charge in [-0.05, 0) is 87.4 Å². The van der Waals surface area contributed by atoms with E-state index in [1.165, 1.54) is 0 Å². The second-order valence-corrected chi connectivity index (χ2v) is 9.63. The third-order valence-corrected chi connectivity index (χ3v) is 7.15. The molecule has 1 atom stereocenters. The topological polar surface area (TPSA) is 71.4 Å². The molecule has 1 aromatic heterocycles. The number of aromatic nitrogens is 1. The van der Waals surface area contributed by atoms with Crippen molar-refractivity contribution in [1.82, 2.24) is 14.8 Å². The van der Waals surface area contributed by atoms with Gasteiger partial charge in [0, 0.05) is 22.6 Å². The van der Waals surface area contributed by atoms with Gasteiger partial charge in [-0.1, -0.05) is 30.3 Å². The van der Waals surface area contributed by atoms with Gasteiger partial charge in [0.1, 0.15) is 5.54 Å². The Hall–Kier alpha value is -3.67. The first kappa shape index (κ1) is 22.1. The first-order valence-electron chi connectivity index (χ1n) is 11.7.